The van der Waals surface area contributed by atoms with Crippen LogP contribution in [-0.4, -0.2) is 15.9 Å². The van der Waals surface area contributed by atoms with Crippen molar-refractivity contribution < 1.29 is 5.21 Å². The third-order valence-corrected chi connectivity index (χ3v) is 3.49. The largest absolute Gasteiger partial charge is 0.286 e. The van der Waals surface area contributed by atoms with E-state index in [4.69, 9.17) is 0 Å². The highest BCUT2D eigenvalue weighted by atomic mass is 16.5. The van der Waals surface area contributed by atoms with Gasteiger partial charge in [0.1, 0.15) is 5.70 Å². The van der Waals surface area contributed by atoms with Crippen LogP contribution in [0.1, 0.15) is 31.2 Å². The van der Waals surface area contributed by atoms with E-state index in [9.17, 15) is 5.21 Å². The van der Waals surface area contributed by atoms with E-state index in [1.807, 2.05) is 30.3 Å². The monoisotopic (exact) mass is 229 g/mol. The van der Waals surface area contributed by atoms with Crippen LogP contribution in [0.15, 0.2) is 46.8 Å². The zero-order valence-electron chi connectivity index (χ0n) is 9.58. The Bertz CT molecular complexity index is 461. The lowest BCUT2D eigenvalue weighted by molar-refractivity contribution is -0.130. The molecule has 1 aliphatic heterocycles. The molecule has 17 heavy (non-hydrogen) atoms. The van der Waals surface area contributed by atoms with E-state index < -0.39 is 5.66 Å². The van der Waals surface area contributed by atoms with Crippen molar-refractivity contribution in [2.75, 3.05) is 0 Å². The van der Waals surface area contributed by atoms with Gasteiger partial charge in [0.15, 0.2) is 5.66 Å². The van der Waals surface area contributed by atoms with Crippen molar-refractivity contribution in [2.45, 2.75) is 31.3 Å². The van der Waals surface area contributed by atoms with E-state index in [0.29, 0.717) is 5.70 Å². The van der Waals surface area contributed by atoms with Gasteiger partial charge in [0.2, 0.25) is 0 Å². The minimum Gasteiger partial charge on any atom is -0.286 e. The van der Waals surface area contributed by atoms with Crippen molar-refractivity contribution in [1.82, 2.24) is 5.06 Å². The van der Waals surface area contributed by atoms with E-state index in [1.165, 1.54) is 5.06 Å². The Kier molecular flexibility index (Phi) is 2.44. The highest BCUT2D eigenvalue weighted by Crippen LogP contribution is 2.39. The number of benzene rings is 1. The molecule has 0 saturated heterocycles. The molecule has 0 aromatic heterocycles. The fourth-order valence-electron chi connectivity index (χ4n) is 2.47. The molecule has 1 saturated carbocycles. The van der Waals surface area contributed by atoms with E-state index in [-0.39, 0.29) is 0 Å². The number of azo groups is 1. The molecule has 0 radical (unpaired) electrons. The quantitative estimate of drug-likeness (QED) is 0.802. The minimum atomic E-state index is -0.488. The molecule has 1 N–H and O–H groups in total. The van der Waals surface area contributed by atoms with E-state index >= 15 is 0 Å². The van der Waals surface area contributed by atoms with Crippen LogP contribution in [0.3, 0.4) is 0 Å². The average Bonchev–Trinajstić information content (AvgIpc) is 2.84. The van der Waals surface area contributed by atoms with Crippen molar-refractivity contribution in [3.8, 4) is 0 Å². The lowest BCUT2D eigenvalue weighted by Gasteiger charge is -2.33. The standard InChI is InChI=1S/C13H15N3O/c17-16-10-12(11-6-2-1-3-7-11)14-15-13(16)8-4-5-9-13/h1-3,6-7,10,17H,4-5,8-9H2. The lowest BCUT2D eigenvalue weighted by Crippen LogP contribution is -2.40. The fraction of sp³-hybridized carbons (Fsp3) is 0.385. The Morgan fingerprint density at radius 3 is 2.47 bits per heavy atom. The second-order valence-corrected chi connectivity index (χ2v) is 4.61. The molecule has 1 aliphatic carbocycles. The molecule has 0 bridgehead atoms. The number of hydrogen-bond acceptors (Lipinski definition) is 4. The Balaban J connectivity index is 1.90. The lowest BCUT2D eigenvalue weighted by atomic mass is 10.1. The molecule has 2 aliphatic rings. The summed E-state index contributed by atoms with van der Waals surface area (Å²) in [5.41, 5.74) is 1.20. The first-order valence-electron chi connectivity index (χ1n) is 5.99. The molecular weight excluding hydrogens is 214 g/mol. The summed E-state index contributed by atoms with van der Waals surface area (Å²) in [4.78, 5) is 0. The Morgan fingerprint density at radius 1 is 1.12 bits per heavy atom. The van der Waals surface area contributed by atoms with Crippen LogP contribution in [-0.2, 0) is 0 Å². The molecule has 3 rings (SSSR count). The van der Waals surface area contributed by atoms with Crippen molar-refractivity contribution in [3.63, 3.8) is 0 Å². The first-order chi connectivity index (χ1) is 8.30. The van der Waals surface area contributed by atoms with Gasteiger partial charge in [-0.25, -0.2) is 5.06 Å². The summed E-state index contributed by atoms with van der Waals surface area (Å²) >= 11 is 0. The molecule has 0 unspecified atom stereocenters. The molecule has 0 amide bonds. The predicted octanol–water partition coefficient (Wildman–Crippen LogP) is 3.41. The van der Waals surface area contributed by atoms with Gasteiger partial charge in [-0.2, -0.15) is 10.2 Å². The highest BCUT2D eigenvalue weighted by Gasteiger charge is 2.40. The van der Waals surface area contributed by atoms with Crippen molar-refractivity contribution in [1.29, 1.82) is 0 Å². The van der Waals surface area contributed by atoms with Crippen molar-refractivity contribution >= 4 is 5.70 Å². The third-order valence-electron chi connectivity index (χ3n) is 3.49. The molecule has 1 aromatic carbocycles. The van der Waals surface area contributed by atoms with Crippen molar-refractivity contribution in [3.05, 3.63) is 42.1 Å². The van der Waals surface area contributed by atoms with E-state index in [1.54, 1.807) is 6.20 Å². The van der Waals surface area contributed by atoms with Crippen LogP contribution in [0.25, 0.3) is 5.70 Å². The zero-order valence-corrected chi connectivity index (χ0v) is 9.58. The second-order valence-electron chi connectivity index (χ2n) is 4.61. The summed E-state index contributed by atoms with van der Waals surface area (Å²) in [6.07, 6.45) is 5.65. The summed E-state index contributed by atoms with van der Waals surface area (Å²) < 4.78 is 0. The SMILES string of the molecule is ON1C=C(c2ccccc2)N=NC12CCCC2. The van der Waals surface area contributed by atoms with Gasteiger partial charge in [-0.1, -0.05) is 30.3 Å². The van der Waals surface area contributed by atoms with Crippen molar-refractivity contribution in [2.24, 2.45) is 10.2 Å². The van der Waals surface area contributed by atoms with Gasteiger partial charge in [-0.05, 0) is 25.7 Å². The van der Waals surface area contributed by atoms with E-state index in [2.05, 4.69) is 10.2 Å². The normalized spacial score (nSPS) is 21.9. The molecule has 0 atom stereocenters. The van der Waals surface area contributed by atoms with Crippen LogP contribution in [0, 0.1) is 0 Å². The maximum atomic E-state index is 10.1. The van der Waals surface area contributed by atoms with Gasteiger partial charge in [0, 0.05) is 5.56 Å². The summed E-state index contributed by atoms with van der Waals surface area (Å²) in [5, 5.41) is 19.9. The van der Waals surface area contributed by atoms with Gasteiger partial charge < -0.3 is 0 Å². The average molecular weight is 229 g/mol. The predicted molar refractivity (Wildman–Crippen MR) is 64.1 cm³/mol. The van der Waals surface area contributed by atoms with Crippen LogP contribution in [0.2, 0.25) is 0 Å². The third kappa shape index (κ3) is 1.74. The molecule has 4 nitrogen and oxygen atoms in total. The number of rotatable bonds is 1. The van der Waals surface area contributed by atoms with Gasteiger partial charge in [-0.3, -0.25) is 5.21 Å². The molecule has 1 spiro atoms. The second kappa shape index (κ2) is 3.96. The highest BCUT2D eigenvalue weighted by molar-refractivity contribution is 5.64. The molecule has 4 heteroatoms. The van der Waals surface area contributed by atoms with Gasteiger partial charge >= 0.3 is 0 Å². The summed E-state index contributed by atoms with van der Waals surface area (Å²) in [6.45, 7) is 0. The van der Waals surface area contributed by atoms with Gasteiger partial charge in [0.25, 0.3) is 0 Å². The first-order valence-corrected chi connectivity index (χ1v) is 5.99. The maximum absolute atomic E-state index is 10.1. The van der Waals surface area contributed by atoms with Gasteiger partial charge in [0.05, 0.1) is 6.20 Å². The summed E-state index contributed by atoms with van der Waals surface area (Å²) in [6, 6.07) is 9.79. The first kappa shape index (κ1) is 10.5. The smallest absolute Gasteiger partial charge is 0.176 e. The molecular formula is C13H15N3O. The fourth-order valence-corrected chi connectivity index (χ4v) is 2.47. The molecule has 1 heterocycles. The zero-order chi connectivity index (χ0) is 11.7. The number of hydrogen-bond donors (Lipinski definition) is 1. The number of hydroxylamine groups is 2. The Hall–Kier alpha value is -1.68. The minimum absolute atomic E-state index is 0.488. The molecule has 88 valence electrons. The van der Waals surface area contributed by atoms with Crippen LogP contribution < -0.4 is 0 Å². The van der Waals surface area contributed by atoms with Gasteiger partial charge in [-0.15, -0.1) is 0 Å². The molecule has 1 aromatic rings. The van der Waals surface area contributed by atoms with Crippen LogP contribution in [0.5, 0.6) is 0 Å². The summed E-state index contributed by atoms with van der Waals surface area (Å²) in [7, 11) is 0. The molecule has 1 fully saturated rings. The summed E-state index contributed by atoms with van der Waals surface area (Å²) in [5.74, 6) is 0. The van der Waals surface area contributed by atoms with Crippen LogP contribution >= 0.6 is 0 Å². The van der Waals surface area contributed by atoms with Crippen LogP contribution in [0.4, 0.5) is 0 Å². The van der Waals surface area contributed by atoms with E-state index in [0.717, 1.165) is 31.2 Å². The Morgan fingerprint density at radius 2 is 1.82 bits per heavy atom. The topological polar surface area (TPSA) is 48.2 Å². The Labute approximate surface area is 100 Å². The maximum Gasteiger partial charge on any atom is 0.176 e. The number of nitrogens with zero attached hydrogens (tertiary/aromatic N) is 3.